The van der Waals surface area contributed by atoms with Crippen LogP contribution in [0.1, 0.15) is 40.3 Å². The largest absolute Gasteiger partial charge is 0.497 e. The molecule has 1 aromatic heterocycles. The molecule has 0 spiro atoms. The molecule has 1 aliphatic heterocycles. The second-order valence-corrected chi connectivity index (χ2v) is 12.4. The van der Waals surface area contributed by atoms with Crippen molar-refractivity contribution in [2.75, 3.05) is 21.3 Å². The molecule has 10 nitrogen and oxygen atoms in total. The molecule has 11 heteroatoms. The highest BCUT2D eigenvalue weighted by atomic mass is 32.1. The van der Waals surface area contributed by atoms with Crippen LogP contribution in [0.4, 0.5) is 5.69 Å². The lowest BCUT2D eigenvalue weighted by Crippen LogP contribution is -2.39. The third kappa shape index (κ3) is 5.62. The predicted octanol–water partition coefficient (Wildman–Crippen LogP) is 5.83. The van der Waals surface area contributed by atoms with Gasteiger partial charge in [0.25, 0.3) is 11.2 Å². The highest BCUT2D eigenvalue weighted by Gasteiger charge is 2.34. The van der Waals surface area contributed by atoms with E-state index in [1.807, 2.05) is 48.5 Å². The lowest BCUT2D eigenvalue weighted by Gasteiger charge is -2.31. The fourth-order valence-electron chi connectivity index (χ4n) is 6.27. The van der Waals surface area contributed by atoms with E-state index in [0.717, 1.165) is 46.4 Å². The van der Waals surface area contributed by atoms with E-state index in [2.05, 4.69) is 12.1 Å². The van der Waals surface area contributed by atoms with Gasteiger partial charge in [0.1, 0.15) is 18.1 Å². The van der Waals surface area contributed by atoms with Gasteiger partial charge in [-0.25, -0.2) is 4.99 Å². The Morgan fingerprint density at radius 1 is 0.917 bits per heavy atom. The molecule has 0 amide bonds. The Balaban J connectivity index is 1.30. The van der Waals surface area contributed by atoms with E-state index in [1.54, 1.807) is 44.1 Å². The van der Waals surface area contributed by atoms with Crippen LogP contribution in [-0.2, 0) is 13.0 Å². The van der Waals surface area contributed by atoms with E-state index >= 15 is 0 Å². The molecule has 5 aromatic rings. The number of nitro groups is 1. The number of hydrogen-bond acceptors (Lipinski definition) is 9. The van der Waals surface area contributed by atoms with Gasteiger partial charge in [0.2, 0.25) is 0 Å². The maximum atomic E-state index is 14.3. The lowest BCUT2D eigenvalue weighted by molar-refractivity contribution is -0.384. The zero-order valence-electron chi connectivity index (χ0n) is 26.5. The highest BCUT2D eigenvalue weighted by molar-refractivity contribution is 7.07. The van der Waals surface area contributed by atoms with Gasteiger partial charge in [-0.2, -0.15) is 0 Å². The number of aryl methyl sites for hydroxylation is 1. The molecule has 4 aromatic carbocycles. The molecule has 48 heavy (non-hydrogen) atoms. The molecular formula is C37H31N3O7S. The first-order valence-corrected chi connectivity index (χ1v) is 16.1. The van der Waals surface area contributed by atoms with Crippen molar-refractivity contribution in [1.29, 1.82) is 0 Å². The number of nitro benzene ring substituents is 1. The van der Waals surface area contributed by atoms with Gasteiger partial charge >= 0.3 is 0 Å². The Morgan fingerprint density at radius 3 is 2.44 bits per heavy atom. The lowest BCUT2D eigenvalue weighted by atomic mass is 9.83. The Labute approximate surface area is 279 Å². The van der Waals surface area contributed by atoms with Gasteiger partial charge in [0.05, 0.1) is 42.5 Å². The highest BCUT2D eigenvalue weighted by Crippen LogP contribution is 2.44. The molecule has 2 heterocycles. The Morgan fingerprint density at radius 2 is 1.69 bits per heavy atom. The van der Waals surface area contributed by atoms with Gasteiger partial charge in [-0.05, 0) is 83.6 Å². The monoisotopic (exact) mass is 661 g/mol. The third-order valence-corrected chi connectivity index (χ3v) is 9.61. The van der Waals surface area contributed by atoms with Crippen LogP contribution < -0.4 is 33.8 Å². The van der Waals surface area contributed by atoms with Crippen LogP contribution in [0.2, 0.25) is 0 Å². The van der Waals surface area contributed by atoms with E-state index in [-0.39, 0.29) is 17.9 Å². The number of methoxy groups -OCH3 is 3. The number of rotatable bonds is 9. The average molecular weight is 662 g/mol. The number of fused-ring (bicyclic) bond motifs is 3. The Hall–Kier alpha value is -5.68. The Bertz CT molecular complexity index is 2270. The summed E-state index contributed by atoms with van der Waals surface area (Å²) in [6.45, 7) is 0.202. The van der Waals surface area contributed by atoms with E-state index in [9.17, 15) is 14.9 Å². The number of benzene rings is 4. The minimum absolute atomic E-state index is 0.0184. The number of nitrogens with zero attached hydrogens (tertiary/aromatic N) is 3. The van der Waals surface area contributed by atoms with Crippen molar-refractivity contribution < 1.29 is 23.9 Å². The average Bonchev–Trinajstić information content (AvgIpc) is 3.43. The molecule has 0 radical (unpaired) electrons. The predicted molar refractivity (Wildman–Crippen MR) is 183 cm³/mol. The molecule has 0 fully saturated rings. The quantitative estimate of drug-likeness (QED) is 0.144. The normalized spacial score (nSPS) is 15.1. The fraction of sp³-hybridized carbons (Fsp3) is 0.189. The molecule has 0 saturated carbocycles. The zero-order valence-corrected chi connectivity index (χ0v) is 27.3. The van der Waals surface area contributed by atoms with Crippen molar-refractivity contribution in [3.63, 3.8) is 0 Å². The third-order valence-electron chi connectivity index (χ3n) is 8.63. The fourth-order valence-corrected chi connectivity index (χ4v) is 7.27. The van der Waals surface area contributed by atoms with Crippen molar-refractivity contribution in [3.05, 3.63) is 148 Å². The summed E-state index contributed by atoms with van der Waals surface area (Å²) in [5, 5.41) is 11.0. The molecular weight excluding hydrogens is 630 g/mol. The summed E-state index contributed by atoms with van der Waals surface area (Å²) in [4.78, 5) is 30.6. The van der Waals surface area contributed by atoms with Gasteiger partial charge < -0.3 is 18.9 Å². The number of allylic oxidation sites excluding steroid dienone is 1. The number of thiazole rings is 1. The molecule has 7 rings (SSSR count). The standard InChI is InChI=1S/C37H31N3O7S/c1-44-26-14-17-30(45-2)29(20-26)35-28-15-11-24-6-4-5-7-27(24)34(28)38-37-39(35)36(41)33(48-37)19-23-10-16-31(32(18-23)46-3)47-21-22-8-12-25(13-9-22)40(42)43/h4-10,12-14,16-20,35H,11,15,21H2,1-3H3/b33-19+. The summed E-state index contributed by atoms with van der Waals surface area (Å²) in [5.74, 6) is 2.33. The van der Waals surface area contributed by atoms with Gasteiger partial charge in [-0.15, -0.1) is 0 Å². The number of hydrogen-bond donors (Lipinski definition) is 0. The van der Waals surface area contributed by atoms with Crippen molar-refractivity contribution in [2.24, 2.45) is 4.99 Å². The molecule has 1 aliphatic carbocycles. The maximum absolute atomic E-state index is 14.3. The van der Waals surface area contributed by atoms with Gasteiger partial charge in [-0.1, -0.05) is 41.7 Å². The van der Waals surface area contributed by atoms with Crippen molar-refractivity contribution in [1.82, 2.24) is 4.57 Å². The van der Waals surface area contributed by atoms with Crippen LogP contribution in [0.25, 0.3) is 11.8 Å². The molecule has 0 bridgehead atoms. The summed E-state index contributed by atoms with van der Waals surface area (Å²) < 4.78 is 25.3. The minimum Gasteiger partial charge on any atom is -0.497 e. The summed E-state index contributed by atoms with van der Waals surface area (Å²) in [6.07, 6.45) is 3.43. The van der Waals surface area contributed by atoms with Crippen LogP contribution in [0, 0.1) is 10.1 Å². The molecule has 1 atom stereocenters. The van der Waals surface area contributed by atoms with Crippen molar-refractivity contribution >= 4 is 28.8 Å². The molecule has 0 saturated heterocycles. The zero-order chi connectivity index (χ0) is 33.4. The summed E-state index contributed by atoms with van der Waals surface area (Å²) in [6, 6.07) is 25.2. The number of ether oxygens (including phenoxy) is 4. The van der Waals surface area contributed by atoms with Crippen LogP contribution in [0.3, 0.4) is 0 Å². The van der Waals surface area contributed by atoms with E-state index in [4.69, 9.17) is 23.9 Å². The van der Waals surface area contributed by atoms with E-state index in [0.29, 0.717) is 32.3 Å². The van der Waals surface area contributed by atoms with Crippen molar-refractivity contribution in [2.45, 2.75) is 25.5 Å². The summed E-state index contributed by atoms with van der Waals surface area (Å²) >= 11 is 1.34. The maximum Gasteiger partial charge on any atom is 0.271 e. The first kappa shape index (κ1) is 30.9. The molecule has 1 unspecified atom stereocenters. The van der Waals surface area contributed by atoms with Gasteiger partial charge in [0, 0.05) is 23.3 Å². The number of aromatic nitrogens is 1. The van der Waals surface area contributed by atoms with Crippen LogP contribution in [-0.4, -0.2) is 30.8 Å². The topological polar surface area (TPSA) is 114 Å². The molecule has 242 valence electrons. The second kappa shape index (κ2) is 12.8. The van der Waals surface area contributed by atoms with Gasteiger partial charge in [-0.3, -0.25) is 19.5 Å². The first-order chi connectivity index (χ1) is 23.4. The van der Waals surface area contributed by atoms with Gasteiger partial charge in [0.15, 0.2) is 16.3 Å². The number of non-ortho nitro benzene ring substituents is 1. The summed E-state index contributed by atoms with van der Waals surface area (Å²) in [7, 11) is 4.81. The smallest absolute Gasteiger partial charge is 0.271 e. The SMILES string of the molecule is COc1ccc(OC)c(C2C3=C(N=c4s/c(=C/c5ccc(OCc6ccc([N+](=O)[O-])cc6)c(OC)c5)c(=O)n42)c2ccccc2CC3)c1. The van der Waals surface area contributed by atoms with Crippen LogP contribution in [0.5, 0.6) is 23.0 Å². The summed E-state index contributed by atoms with van der Waals surface area (Å²) in [5.41, 5.74) is 6.51. The van der Waals surface area contributed by atoms with Crippen molar-refractivity contribution in [3.8, 4) is 23.0 Å². The van der Waals surface area contributed by atoms with Crippen LogP contribution in [0.15, 0.2) is 100 Å². The molecule has 0 N–H and O–H groups in total. The second-order valence-electron chi connectivity index (χ2n) is 11.3. The van der Waals surface area contributed by atoms with E-state index < -0.39 is 11.0 Å². The van der Waals surface area contributed by atoms with E-state index in [1.165, 1.54) is 29.0 Å². The minimum atomic E-state index is -0.438. The Kier molecular flexibility index (Phi) is 8.28. The first-order valence-electron chi connectivity index (χ1n) is 15.3. The van der Waals surface area contributed by atoms with Crippen LogP contribution >= 0.6 is 11.3 Å². The molecule has 2 aliphatic rings.